The van der Waals surface area contributed by atoms with Gasteiger partial charge in [-0.25, -0.2) is 34.0 Å². The highest BCUT2D eigenvalue weighted by Gasteiger charge is 2.36. The van der Waals surface area contributed by atoms with Gasteiger partial charge >= 0.3 is 24.3 Å². The number of carboxylic acids is 1. The van der Waals surface area contributed by atoms with Crippen molar-refractivity contribution in [1.82, 2.24) is 34.6 Å². The summed E-state index contributed by atoms with van der Waals surface area (Å²) in [7, 11) is 3.36. The van der Waals surface area contributed by atoms with Gasteiger partial charge in [0.25, 0.3) is 5.91 Å². The second-order valence-electron chi connectivity index (χ2n) is 12.8. The normalized spacial score (nSPS) is 12.1. The van der Waals surface area contributed by atoms with Crippen LogP contribution in [0.1, 0.15) is 43.6 Å². The van der Waals surface area contributed by atoms with Crippen molar-refractivity contribution in [1.29, 1.82) is 0 Å². The Morgan fingerprint density at radius 2 is 1.30 bits per heavy atom. The van der Waals surface area contributed by atoms with Gasteiger partial charge in [-0.1, -0.05) is 0 Å². The molecule has 1 amide bonds. The summed E-state index contributed by atoms with van der Waals surface area (Å²) in [4.78, 5) is 44.6. The summed E-state index contributed by atoms with van der Waals surface area (Å²) in [5.41, 5.74) is 1.22. The van der Waals surface area contributed by atoms with Gasteiger partial charge in [-0.05, 0) is 48.5 Å². The molecule has 0 bridgehead atoms. The molecule has 8 aromatic rings. The number of aliphatic hydroxyl groups excluding tert-OH is 1. The molecular weight excluding hydrogens is 820 g/mol. The molecule has 4 aromatic heterocycles. The Hall–Kier alpha value is -7.14. The molecule has 0 aliphatic carbocycles. The molecular formula is C37H26F8N8O7. The fourth-order valence-corrected chi connectivity index (χ4v) is 5.95. The molecule has 0 atom stereocenters. The average molecular weight is 847 g/mol. The van der Waals surface area contributed by atoms with Gasteiger partial charge in [0.2, 0.25) is 11.8 Å². The first-order chi connectivity index (χ1) is 28.3. The van der Waals surface area contributed by atoms with Gasteiger partial charge in [0.1, 0.15) is 28.5 Å². The van der Waals surface area contributed by atoms with Gasteiger partial charge in [-0.2, -0.15) is 31.3 Å². The number of carboxylic acid groups (broad SMARTS) is 1. The molecule has 4 N–H and O–H groups in total. The summed E-state index contributed by atoms with van der Waals surface area (Å²) in [6, 6.07) is 11.4. The number of carbonyl (C=O) groups excluding carboxylic acids is 1. The van der Waals surface area contributed by atoms with Gasteiger partial charge in [0.05, 0.1) is 58.4 Å². The van der Waals surface area contributed by atoms with E-state index in [2.05, 4.69) is 30.7 Å². The number of oxazole rings is 2. The van der Waals surface area contributed by atoms with Crippen LogP contribution >= 0.6 is 0 Å². The molecule has 0 spiro atoms. The first-order valence-corrected chi connectivity index (χ1v) is 17.1. The predicted octanol–water partition coefficient (Wildman–Crippen LogP) is 7.43. The molecule has 0 aliphatic rings. The fraction of sp³-hybridized carbons (Fsp3) is 0.189. The fourth-order valence-electron chi connectivity index (χ4n) is 5.95. The summed E-state index contributed by atoms with van der Waals surface area (Å²) in [6.45, 7) is -0.320. The highest BCUT2D eigenvalue weighted by Crippen LogP contribution is 2.36. The Morgan fingerprint density at radius 1 is 0.733 bits per heavy atom. The Bertz CT molecular complexity index is 2950. The molecule has 312 valence electrons. The van der Waals surface area contributed by atoms with Crippen molar-refractivity contribution in [3.05, 3.63) is 106 Å². The Kier molecular flexibility index (Phi) is 10.6. The van der Waals surface area contributed by atoms with Crippen LogP contribution < -0.4 is 10.8 Å². The van der Waals surface area contributed by atoms with Crippen molar-refractivity contribution in [3.63, 3.8) is 0 Å². The molecule has 0 aliphatic heterocycles. The van der Waals surface area contributed by atoms with Crippen LogP contribution in [0.15, 0.2) is 69.5 Å². The Balaban J connectivity index is 0.000000183. The number of benzene rings is 4. The van der Waals surface area contributed by atoms with Crippen LogP contribution in [0, 0.1) is 11.6 Å². The smallest absolute Gasteiger partial charge is 0.419 e. The third-order valence-electron chi connectivity index (χ3n) is 8.86. The number of nitrogens with one attached hydrogen (secondary N) is 2. The minimum atomic E-state index is -4.87. The van der Waals surface area contributed by atoms with E-state index in [-0.39, 0.29) is 70.8 Å². The van der Waals surface area contributed by atoms with Crippen LogP contribution in [0.4, 0.5) is 47.1 Å². The van der Waals surface area contributed by atoms with Crippen molar-refractivity contribution in [3.8, 4) is 0 Å². The molecule has 15 nitrogen and oxygen atoms in total. The number of aromatic carboxylic acids is 1. The van der Waals surface area contributed by atoms with Gasteiger partial charge in [0, 0.05) is 31.8 Å². The molecule has 4 heterocycles. The lowest BCUT2D eigenvalue weighted by Gasteiger charge is -2.06. The average Bonchev–Trinajstić information content (AvgIpc) is 3.92. The van der Waals surface area contributed by atoms with Crippen molar-refractivity contribution in [2.75, 3.05) is 18.5 Å². The van der Waals surface area contributed by atoms with Crippen molar-refractivity contribution in [2.45, 2.75) is 18.8 Å². The number of amides is 1. The van der Waals surface area contributed by atoms with Crippen LogP contribution in [0.25, 0.3) is 44.3 Å². The topological polar surface area (TPSA) is 196 Å². The van der Waals surface area contributed by atoms with Gasteiger partial charge in [-0.15, -0.1) is 0 Å². The Labute approximate surface area is 328 Å². The first kappa shape index (κ1) is 41.0. The standard InChI is InChI=1S/C19H15F4N5O4.C18H11F4N3O3/c1-28-14-3-2-9(16(30)27-31-5-4-29)6-12(14)24-17(28)26-18-25-13-8-11(20)10(19(21,22)23)7-15(13)32-18;1-25-13-3-2-8(17(26)27)4-11(13)23-15(25)7-16-24-12-6-10(19)9(18(20,21)22)5-14(12)28-16/h2-3,6-8,29H,4-5H2,1H3,(H,27,30)(H,24,25,26);2-6H,7H2,1H3,(H,26,27). The number of rotatable bonds is 9. The number of aromatic nitrogens is 6. The highest BCUT2D eigenvalue weighted by atomic mass is 19.4. The second-order valence-corrected chi connectivity index (χ2v) is 12.8. The number of nitrogens with zero attached hydrogens (tertiary/aromatic N) is 6. The number of imidazole rings is 2. The number of aliphatic hydroxyl groups is 1. The molecule has 0 saturated carbocycles. The molecule has 23 heteroatoms. The van der Waals surface area contributed by atoms with Gasteiger partial charge in [0.15, 0.2) is 11.2 Å². The van der Waals surface area contributed by atoms with Gasteiger partial charge in [-0.3, -0.25) is 14.9 Å². The zero-order valence-corrected chi connectivity index (χ0v) is 30.5. The van der Waals surface area contributed by atoms with Crippen LogP contribution in [-0.4, -0.2) is 64.4 Å². The molecule has 0 saturated heterocycles. The number of hydrogen-bond donors (Lipinski definition) is 4. The number of halogens is 8. The number of fused-ring (bicyclic) bond motifs is 4. The maximum atomic E-state index is 13.8. The van der Waals surface area contributed by atoms with E-state index in [4.69, 9.17) is 23.9 Å². The van der Waals surface area contributed by atoms with E-state index in [0.29, 0.717) is 52.2 Å². The lowest BCUT2D eigenvalue weighted by atomic mass is 10.2. The molecule has 0 unspecified atom stereocenters. The number of hydroxylamine groups is 1. The molecule has 8 rings (SSSR count). The van der Waals surface area contributed by atoms with E-state index in [0.717, 1.165) is 0 Å². The zero-order chi connectivity index (χ0) is 43.3. The van der Waals surface area contributed by atoms with E-state index in [1.54, 1.807) is 35.4 Å². The minimum Gasteiger partial charge on any atom is -0.478 e. The van der Waals surface area contributed by atoms with E-state index in [9.17, 15) is 44.7 Å². The summed E-state index contributed by atoms with van der Waals surface area (Å²) in [5, 5.41) is 20.5. The van der Waals surface area contributed by atoms with E-state index >= 15 is 0 Å². The lowest BCUT2D eigenvalue weighted by Crippen LogP contribution is -2.25. The molecule has 0 fully saturated rings. The summed E-state index contributed by atoms with van der Waals surface area (Å²) in [6.07, 6.45) is -9.68. The van der Waals surface area contributed by atoms with Crippen LogP contribution in [0.2, 0.25) is 0 Å². The Morgan fingerprint density at radius 3 is 1.92 bits per heavy atom. The summed E-state index contributed by atoms with van der Waals surface area (Å²) in [5.74, 6) is -3.77. The van der Waals surface area contributed by atoms with Crippen molar-refractivity contribution < 1.29 is 68.6 Å². The van der Waals surface area contributed by atoms with Crippen LogP contribution in [-0.2, 0) is 37.7 Å². The summed E-state index contributed by atoms with van der Waals surface area (Å²) < 4.78 is 119. The molecule has 0 radical (unpaired) electrons. The van der Waals surface area contributed by atoms with Crippen molar-refractivity contribution >= 4 is 68.1 Å². The number of aryl methyl sites for hydroxylation is 2. The lowest BCUT2D eigenvalue weighted by molar-refractivity contribution is -0.140. The highest BCUT2D eigenvalue weighted by molar-refractivity contribution is 5.97. The van der Waals surface area contributed by atoms with E-state index in [1.165, 1.54) is 24.3 Å². The SMILES string of the molecule is Cn1c(Cc2nc3cc(F)c(C(F)(F)F)cc3o2)nc2cc(C(=O)O)ccc21.Cn1c(Nc2nc3cc(F)c(C(F)(F)F)cc3o2)nc2cc(C(=O)NOCCO)ccc21. The second kappa shape index (κ2) is 15.6. The number of carbonyl (C=O) groups is 2. The largest absolute Gasteiger partial charge is 0.478 e. The predicted molar refractivity (Wildman–Crippen MR) is 193 cm³/mol. The van der Waals surface area contributed by atoms with Crippen LogP contribution in [0.3, 0.4) is 0 Å². The number of alkyl halides is 6. The minimum absolute atomic E-state index is 0.0330. The van der Waals surface area contributed by atoms with E-state index in [1.807, 2.05) is 0 Å². The maximum absolute atomic E-state index is 13.8. The van der Waals surface area contributed by atoms with Crippen molar-refractivity contribution in [2.24, 2.45) is 14.1 Å². The van der Waals surface area contributed by atoms with E-state index < -0.39 is 47.0 Å². The summed E-state index contributed by atoms with van der Waals surface area (Å²) >= 11 is 0. The quantitative estimate of drug-likeness (QED) is 0.0638. The first-order valence-electron chi connectivity index (χ1n) is 17.1. The third kappa shape index (κ3) is 8.24. The molecule has 4 aromatic carbocycles. The zero-order valence-electron chi connectivity index (χ0n) is 30.5. The van der Waals surface area contributed by atoms with Gasteiger partial charge < -0.3 is 28.2 Å². The third-order valence-corrected chi connectivity index (χ3v) is 8.86. The number of hydrogen-bond acceptors (Lipinski definition) is 11. The van der Waals surface area contributed by atoms with Crippen LogP contribution in [0.5, 0.6) is 0 Å². The number of anilines is 2. The maximum Gasteiger partial charge on any atom is 0.419 e. The molecule has 60 heavy (non-hydrogen) atoms. The monoisotopic (exact) mass is 846 g/mol.